The van der Waals surface area contributed by atoms with Gasteiger partial charge in [0, 0.05) is 4.90 Å². The van der Waals surface area contributed by atoms with E-state index in [1.165, 1.54) is 4.90 Å². The number of hydrogen-bond acceptors (Lipinski definition) is 1. The molecule has 0 heterocycles. The van der Waals surface area contributed by atoms with Crippen LogP contribution >= 0.6 is 24.4 Å². The summed E-state index contributed by atoms with van der Waals surface area (Å²) >= 11 is 6.71. The number of rotatable bonds is 3. The normalized spacial score (nSPS) is 12.5. The molecular weight excluding hydrogens is 172 g/mol. The summed E-state index contributed by atoms with van der Waals surface area (Å²) in [4.78, 5) is 1.20. The molecule has 0 nitrogen and oxygen atoms in total. The van der Waals surface area contributed by atoms with E-state index in [9.17, 15) is 0 Å². The summed E-state index contributed by atoms with van der Waals surface area (Å²) in [6.45, 7) is 3.63. The topological polar surface area (TPSA) is 0 Å². The van der Waals surface area contributed by atoms with Crippen molar-refractivity contribution >= 4 is 24.4 Å². The Hall–Kier alpha value is -0.340. The van der Waals surface area contributed by atoms with E-state index in [4.69, 9.17) is 12.6 Å². The maximum absolute atomic E-state index is 5.07. The smallest absolute Gasteiger partial charge is 0.0830 e. The Labute approximate surface area is 77.1 Å². The second-order valence-electron chi connectivity index (χ2n) is 2.03. The molecule has 1 aromatic carbocycles. The fourth-order valence-corrected chi connectivity index (χ4v) is 1.69. The van der Waals surface area contributed by atoms with Crippen molar-refractivity contribution in [1.82, 2.24) is 0 Å². The first-order valence-corrected chi connectivity index (χ1v) is 4.68. The summed E-state index contributed by atoms with van der Waals surface area (Å²) < 4.78 is 0.0809. The molecule has 1 radical (unpaired) electrons. The molecule has 1 atom stereocenters. The van der Waals surface area contributed by atoms with Crippen LogP contribution in [0.4, 0.5) is 0 Å². The first-order chi connectivity index (χ1) is 5.33. The first-order valence-electron chi connectivity index (χ1n) is 3.33. The van der Waals surface area contributed by atoms with E-state index in [-0.39, 0.29) is 4.58 Å². The fraction of sp³-hybridized carbons (Fsp3) is 0.111. The van der Waals surface area contributed by atoms with E-state index in [1.54, 1.807) is 17.8 Å². The maximum atomic E-state index is 5.07. The predicted molar refractivity (Wildman–Crippen MR) is 53.9 cm³/mol. The van der Waals surface area contributed by atoms with E-state index in [1.807, 2.05) is 30.3 Å². The van der Waals surface area contributed by atoms with Gasteiger partial charge in [-0.05, 0) is 12.1 Å². The van der Waals surface area contributed by atoms with Gasteiger partial charge in [0.05, 0.1) is 4.58 Å². The van der Waals surface area contributed by atoms with Gasteiger partial charge >= 0.3 is 0 Å². The van der Waals surface area contributed by atoms with Crippen LogP contribution in [0.2, 0.25) is 0 Å². The van der Waals surface area contributed by atoms with Gasteiger partial charge in [0.25, 0.3) is 0 Å². The molecule has 0 aliphatic rings. The van der Waals surface area contributed by atoms with Crippen molar-refractivity contribution < 1.29 is 0 Å². The van der Waals surface area contributed by atoms with E-state index in [0.717, 1.165) is 0 Å². The van der Waals surface area contributed by atoms with Crippen LogP contribution in [-0.4, -0.2) is 4.58 Å². The maximum Gasteiger partial charge on any atom is 0.0830 e. The van der Waals surface area contributed by atoms with Crippen LogP contribution < -0.4 is 0 Å². The van der Waals surface area contributed by atoms with Crippen LogP contribution in [0.25, 0.3) is 0 Å². The highest BCUT2D eigenvalue weighted by atomic mass is 32.2. The molecule has 1 rings (SSSR count). The summed E-state index contributed by atoms with van der Waals surface area (Å²) in [6.07, 6.45) is 1.77. The van der Waals surface area contributed by atoms with Crippen LogP contribution in [0, 0.1) is 0 Å². The highest BCUT2D eigenvalue weighted by Crippen LogP contribution is 2.25. The van der Waals surface area contributed by atoms with Gasteiger partial charge in [0.15, 0.2) is 0 Å². The fourth-order valence-electron chi connectivity index (χ4n) is 0.681. The molecule has 0 aliphatic heterocycles. The van der Waals surface area contributed by atoms with Crippen molar-refractivity contribution in [2.45, 2.75) is 9.48 Å². The molecule has 0 N–H and O–H groups in total. The molecule has 0 aromatic heterocycles. The van der Waals surface area contributed by atoms with Crippen LogP contribution in [0.5, 0.6) is 0 Å². The summed E-state index contributed by atoms with van der Waals surface area (Å²) in [5, 5.41) is 0. The second kappa shape index (κ2) is 4.52. The third-order valence-corrected chi connectivity index (χ3v) is 2.64. The zero-order valence-corrected chi connectivity index (χ0v) is 7.70. The Morgan fingerprint density at radius 3 is 2.55 bits per heavy atom. The minimum atomic E-state index is 0.0809. The van der Waals surface area contributed by atoms with Crippen molar-refractivity contribution in [3.8, 4) is 0 Å². The molecule has 0 fully saturated rings. The number of thioether (sulfide) groups is 1. The SMILES string of the molecule is C=CC([S])Sc1ccccc1. The van der Waals surface area contributed by atoms with Crippen molar-refractivity contribution in [3.63, 3.8) is 0 Å². The highest BCUT2D eigenvalue weighted by Gasteiger charge is 1.98. The third kappa shape index (κ3) is 3.04. The molecule has 0 spiro atoms. The van der Waals surface area contributed by atoms with Gasteiger partial charge in [-0.15, -0.1) is 18.3 Å². The van der Waals surface area contributed by atoms with E-state index in [0.29, 0.717) is 0 Å². The predicted octanol–water partition coefficient (Wildman–Crippen LogP) is 3.49. The van der Waals surface area contributed by atoms with Crippen LogP contribution in [0.15, 0.2) is 47.9 Å². The quantitative estimate of drug-likeness (QED) is 0.508. The molecular formula is C9H9S2. The number of hydrogen-bond donors (Lipinski definition) is 0. The third-order valence-electron chi connectivity index (χ3n) is 1.19. The monoisotopic (exact) mass is 181 g/mol. The molecule has 57 valence electrons. The van der Waals surface area contributed by atoms with Gasteiger partial charge < -0.3 is 0 Å². The van der Waals surface area contributed by atoms with Gasteiger partial charge in [-0.3, -0.25) is 0 Å². The summed E-state index contributed by atoms with van der Waals surface area (Å²) in [5.41, 5.74) is 0. The van der Waals surface area contributed by atoms with Gasteiger partial charge in [0.2, 0.25) is 0 Å². The average molecular weight is 181 g/mol. The summed E-state index contributed by atoms with van der Waals surface area (Å²) in [5.74, 6) is 0. The standard InChI is InChI=1S/C9H9S2/c1-2-9(10)11-8-6-4-3-5-7-8/h2-7,9H,1H2. The van der Waals surface area contributed by atoms with Crippen molar-refractivity contribution in [2.24, 2.45) is 0 Å². The Morgan fingerprint density at radius 1 is 1.36 bits per heavy atom. The lowest BCUT2D eigenvalue weighted by atomic mass is 10.4. The lowest BCUT2D eigenvalue weighted by Crippen LogP contribution is -1.82. The van der Waals surface area contributed by atoms with Gasteiger partial charge in [0.1, 0.15) is 0 Å². The zero-order chi connectivity index (χ0) is 8.10. The van der Waals surface area contributed by atoms with Crippen molar-refractivity contribution in [3.05, 3.63) is 43.0 Å². The molecule has 0 amide bonds. The first kappa shape index (κ1) is 8.75. The second-order valence-corrected chi connectivity index (χ2v) is 4.06. The van der Waals surface area contributed by atoms with E-state index in [2.05, 4.69) is 6.58 Å². The van der Waals surface area contributed by atoms with Crippen LogP contribution in [-0.2, 0) is 0 Å². The van der Waals surface area contributed by atoms with E-state index >= 15 is 0 Å². The van der Waals surface area contributed by atoms with E-state index < -0.39 is 0 Å². The largest absolute Gasteiger partial charge is 0.107 e. The summed E-state index contributed by atoms with van der Waals surface area (Å²) in [7, 11) is 0. The molecule has 0 saturated heterocycles. The van der Waals surface area contributed by atoms with Crippen LogP contribution in [0.3, 0.4) is 0 Å². The highest BCUT2D eigenvalue weighted by molar-refractivity contribution is 8.10. The lowest BCUT2D eigenvalue weighted by Gasteiger charge is -2.02. The Kier molecular flexibility index (Phi) is 3.60. The molecule has 0 saturated carbocycles. The van der Waals surface area contributed by atoms with Crippen molar-refractivity contribution in [2.75, 3.05) is 0 Å². The van der Waals surface area contributed by atoms with Gasteiger partial charge in [-0.2, -0.15) is 0 Å². The molecule has 0 bridgehead atoms. The van der Waals surface area contributed by atoms with Crippen molar-refractivity contribution in [1.29, 1.82) is 0 Å². The van der Waals surface area contributed by atoms with Crippen LogP contribution in [0.1, 0.15) is 0 Å². The number of benzene rings is 1. The van der Waals surface area contributed by atoms with Gasteiger partial charge in [-0.1, -0.05) is 36.9 Å². The Bertz CT molecular complexity index is 218. The average Bonchev–Trinajstić information content (AvgIpc) is 2.06. The molecule has 1 unspecified atom stereocenters. The minimum absolute atomic E-state index is 0.0809. The Morgan fingerprint density at radius 2 is 2.00 bits per heavy atom. The molecule has 11 heavy (non-hydrogen) atoms. The zero-order valence-electron chi connectivity index (χ0n) is 6.07. The van der Waals surface area contributed by atoms with Gasteiger partial charge in [-0.25, -0.2) is 0 Å². The lowest BCUT2D eigenvalue weighted by molar-refractivity contribution is 1.45. The molecule has 1 aromatic rings. The summed E-state index contributed by atoms with van der Waals surface area (Å²) in [6, 6.07) is 10.1. The molecule has 0 aliphatic carbocycles. The Balaban J connectivity index is 2.57. The minimum Gasteiger partial charge on any atom is -0.107 e. The molecule has 2 heteroatoms.